The van der Waals surface area contributed by atoms with Crippen LogP contribution in [-0.4, -0.2) is 74.4 Å². The zero-order valence-corrected chi connectivity index (χ0v) is 17.9. The van der Waals surface area contributed by atoms with E-state index in [0.717, 1.165) is 17.8 Å². The van der Waals surface area contributed by atoms with Gasteiger partial charge in [0.1, 0.15) is 12.1 Å². The molecule has 3 rings (SSSR count). The monoisotopic (exact) mass is 405 g/mol. The molecule has 0 saturated heterocycles. The summed E-state index contributed by atoms with van der Waals surface area (Å²) in [5.74, 6) is 6.71. The SMILES string of the molecule is CN(C)CCOCCOc1nc2cccnc2nc1C#Cc1ccccc1N(C)C. The van der Waals surface area contributed by atoms with Gasteiger partial charge in [0.15, 0.2) is 11.3 Å². The van der Waals surface area contributed by atoms with E-state index in [1.807, 2.05) is 69.5 Å². The van der Waals surface area contributed by atoms with E-state index in [1.165, 1.54) is 0 Å². The maximum atomic E-state index is 5.87. The van der Waals surface area contributed by atoms with Crippen LogP contribution in [0.1, 0.15) is 11.3 Å². The van der Waals surface area contributed by atoms with Crippen molar-refractivity contribution in [3.63, 3.8) is 0 Å². The average Bonchev–Trinajstić information content (AvgIpc) is 2.74. The average molecular weight is 406 g/mol. The molecule has 0 aliphatic carbocycles. The lowest BCUT2D eigenvalue weighted by Crippen LogP contribution is -2.19. The van der Waals surface area contributed by atoms with Gasteiger partial charge in [-0.15, -0.1) is 0 Å². The van der Waals surface area contributed by atoms with Crippen LogP contribution in [0, 0.1) is 11.8 Å². The maximum absolute atomic E-state index is 5.87. The van der Waals surface area contributed by atoms with Gasteiger partial charge in [-0.05, 0) is 44.3 Å². The normalized spacial score (nSPS) is 10.7. The van der Waals surface area contributed by atoms with Crippen LogP contribution in [0.4, 0.5) is 5.69 Å². The van der Waals surface area contributed by atoms with Gasteiger partial charge < -0.3 is 19.3 Å². The van der Waals surface area contributed by atoms with Gasteiger partial charge in [0.05, 0.1) is 18.9 Å². The van der Waals surface area contributed by atoms with Gasteiger partial charge in [-0.2, -0.15) is 0 Å². The molecule has 7 heteroatoms. The quantitative estimate of drug-likeness (QED) is 0.421. The zero-order valence-electron chi connectivity index (χ0n) is 17.9. The van der Waals surface area contributed by atoms with Crippen molar-refractivity contribution in [3.05, 3.63) is 53.9 Å². The molecule has 0 spiro atoms. The van der Waals surface area contributed by atoms with Crippen LogP contribution >= 0.6 is 0 Å². The second kappa shape index (κ2) is 10.5. The number of ether oxygens (including phenoxy) is 2. The molecule has 7 nitrogen and oxygen atoms in total. The van der Waals surface area contributed by atoms with Crippen molar-refractivity contribution in [2.75, 3.05) is 59.5 Å². The van der Waals surface area contributed by atoms with E-state index in [-0.39, 0.29) is 0 Å². The van der Waals surface area contributed by atoms with Gasteiger partial charge in [0.2, 0.25) is 5.88 Å². The molecule has 1 aromatic carbocycles. The second-order valence-electron chi connectivity index (χ2n) is 7.15. The summed E-state index contributed by atoms with van der Waals surface area (Å²) in [6.45, 7) is 2.36. The molecular weight excluding hydrogens is 378 g/mol. The molecule has 0 atom stereocenters. The van der Waals surface area contributed by atoms with Crippen molar-refractivity contribution in [2.45, 2.75) is 0 Å². The van der Waals surface area contributed by atoms with E-state index in [1.54, 1.807) is 6.20 Å². The lowest BCUT2D eigenvalue weighted by Gasteiger charge is -2.14. The summed E-state index contributed by atoms with van der Waals surface area (Å²) in [7, 11) is 8.01. The number of benzene rings is 1. The molecule has 0 amide bonds. The summed E-state index contributed by atoms with van der Waals surface area (Å²) in [5, 5.41) is 0. The number of hydrogen-bond acceptors (Lipinski definition) is 7. The predicted octanol–water partition coefficient (Wildman–Crippen LogP) is 2.45. The third-order valence-corrected chi connectivity index (χ3v) is 4.26. The third kappa shape index (κ3) is 5.89. The van der Waals surface area contributed by atoms with E-state index in [4.69, 9.17) is 9.47 Å². The Bertz CT molecular complexity index is 1040. The molecule has 0 fully saturated rings. The summed E-state index contributed by atoms with van der Waals surface area (Å²) in [6.07, 6.45) is 1.69. The molecule has 0 aliphatic rings. The Morgan fingerprint density at radius 2 is 1.73 bits per heavy atom. The zero-order chi connectivity index (χ0) is 21.3. The van der Waals surface area contributed by atoms with Crippen molar-refractivity contribution in [3.8, 4) is 17.7 Å². The highest BCUT2D eigenvalue weighted by atomic mass is 16.5. The fraction of sp³-hybridized carbons (Fsp3) is 0.348. The van der Waals surface area contributed by atoms with Crippen molar-refractivity contribution in [1.82, 2.24) is 19.9 Å². The number of rotatable bonds is 8. The molecule has 0 N–H and O–H groups in total. The van der Waals surface area contributed by atoms with Gasteiger partial charge in [-0.25, -0.2) is 15.0 Å². The molecule has 0 radical (unpaired) electrons. The molecule has 0 unspecified atom stereocenters. The van der Waals surface area contributed by atoms with Crippen molar-refractivity contribution in [2.24, 2.45) is 0 Å². The standard InChI is InChI=1S/C23H27N5O2/c1-27(2)14-15-29-16-17-30-23-20(25-22-19(26-23)9-7-13-24-22)12-11-18-8-5-6-10-21(18)28(3)4/h5-10,13H,14-17H2,1-4H3. The Kier molecular flexibility index (Phi) is 7.55. The number of hydrogen-bond donors (Lipinski definition) is 0. The Morgan fingerprint density at radius 3 is 2.53 bits per heavy atom. The minimum absolute atomic E-state index is 0.372. The third-order valence-electron chi connectivity index (χ3n) is 4.26. The molecule has 156 valence electrons. The number of likely N-dealkylation sites (N-methyl/N-ethyl adjacent to an activating group) is 1. The first kappa shape index (κ1) is 21.5. The van der Waals surface area contributed by atoms with Crippen LogP contribution in [0.2, 0.25) is 0 Å². The van der Waals surface area contributed by atoms with Crippen LogP contribution in [0.15, 0.2) is 42.6 Å². The van der Waals surface area contributed by atoms with Gasteiger partial charge in [-0.1, -0.05) is 18.1 Å². The molecule has 0 bridgehead atoms. The molecular formula is C23H27N5O2. The largest absolute Gasteiger partial charge is 0.473 e. The van der Waals surface area contributed by atoms with E-state index in [2.05, 4.69) is 31.7 Å². The first-order valence-electron chi connectivity index (χ1n) is 9.81. The predicted molar refractivity (Wildman–Crippen MR) is 119 cm³/mol. The van der Waals surface area contributed by atoms with E-state index in [0.29, 0.717) is 42.6 Å². The highest BCUT2D eigenvalue weighted by Crippen LogP contribution is 2.19. The molecule has 30 heavy (non-hydrogen) atoms. The minimum Gasteiger partial charge on any atom is -0.473 e. The summed E-state index contributed by atoms with van der Waals surface area (Å²) in [5.41, 5.74) is 3.61. The van der Waals surface area contributed by atoms with E-state index >= 15 is 0 Å². The Balaban J connectivity index is 1.82. The van der Waals surface area contributed by atoms with Crippen LogP contribution in [-0.2, 0) is 4.74 Å². The van der Waals surface area contributed by atoms with E-state index in [9.17, 15) is 0 Å². The summed E-state index contributed by atoms with van der Waals surface area (Å²) in [4.78, 5) is 17.5. The van der Waals surface area contributed by atoms with Crippen LogP contribution in [0.25, 0.3) is 11.2 Å². The van der Waals surface area contributed by atoms with Crippen molar-refractivity contribution >= 4 is 16.9 Å². The minimum atomic E-state index is 0.372. The fourth-order valence-corrected chi connectivity index (χ4v) is 2.70. The molecule has 0 saturated carbocycles. The first-order valence-corrected chi connectivity index (χ1v) is 9.81. The highest BCUT2D eigenvalue weighted by molar-refractivity contribution is 5.71. The number of fused-ring (bicyclic) bond motifs is 1. The lowest BCUT2D eigenvalue weighted by atomic mass is 10.1. The van der Waals surface area contributed by atoms with Gasteiger partial charge >= 0.3 is 0 Å². The number of pyridine rings is 1. The first-order chi connectivity index (χ1) is 14.5. The number of para-hydroxylation sites is 1. The fourth-order valence-electron chi connectivity index (χ4n) is 2.70. The summed E-state index contributed by atoms with van der Waals surface area (Å²) in [6, 6.07) is 11.6. The van der Waals surface area contributed by atoms with Crippen LogP contribution in [0.3, 0.4) is 0 Å². The maximum Gasteiger partial charge on any atom is 0.249 e. The highest BCUT2D eigenvalue weighted by Gasteiger charge is 2.10. The van der Waals surface area contributed by atoms with Gasteiger partial charge in [0.25, 0.3) is 0 Å². The second-order valence-corrected chi connectivity index (χ2v) is 7.15. The number of anilines is 1. The summed E-state index contributed by atoms with van der Waals surface area (Å²) < 4.78 is 11.5. The molecule has 2 aromatic heterocycles. The molecule has 0 aliphatic heterocycles. The molecule has 3 aromatic rings. The molecule has 2 heterocycles. The Morgan fingerprint density at radius 1 is 0.900 bits per heavy atom. The van der Waals surface area contributed by atoms with Gasteiger partial charge in [-0.3, -0.25) is 0 Å². The Hall–Kier alpha value is -3.21. The lowest BCUT2D eigenvalue weighted by molar-refractivity contribution is 0.0875. The van der Waals surface area contributed by atoms with Crippen molar-refractivity contribution in [1.29, 1.82) is 0 Å². The smallest absolute Gasteiger partial charge is 0.249 e. The number of aromatic nitrogens is 3. The number of nitrogens with zero attached hydrogens (tertiary/aromatic N) is 5. The van der Waals surface area contributed by atoms with Gasteiger partial charge in [0, 0.05) is 32.4 Å². The van der Waals surface area contributed by atoms with E-state index < -0.39 is 0 Å². The topological polar surface area (TPSA) is 63.6 Å². The van der Waals surface area contributed by atoms with Crippen molar-refractivity contribution < 1.29 is 9.47 Å². The summed E-state index contributed by atoms with van der Waals surface area (Å²) >= 11 is 0. The van der Waals surface area contributed by atoms with Crippen LogP contribution < -0.4 is 9.64 Å². The Labute approximate surface area is 177 Å². The van der Waals surface area contributed by atoms with Crippen LogP contribution in [0.5, 0.6) is 5.88 Å².